The van der Waals surface area contributed by atoms with Gasteiger partial charge in [0.2, 0.25) is 5.91 Å². The quantitative estimate of drug-likeness (QED) is 0.834. The van der Waals surface area contributed by atoms with Gasteiger partial charge in [0.05, 0.1) is 6.73 Å². The third kappa shape index (κ3) is 3.92. The first-order chi connectivity index (χ1) is 9.68. The Kier molecular flexibility index (Phi) is 5.32. The monoisotopic (exact) mass is 274 g/mol. The van der Waals surface area contributed by atoms with Crippen LogP contribution >= 0.6 is 0 Å². The highest BCUT2D eigenvalue weighted by Crippen LogP contribution is 2.13. The number of hydrogen-bond donors (Lipinski definition) is 1. The Balaban J connectivity index is 1.83. The summed E-state index contributed by atoms with van der Waals surface area (Å²) in [4.78, 5) is 14.3. The Morgan fingerprint density at radius 3 is 2.85 bits per heavy atom. The van der Waals surface area contributed by atoms with Gasteiger partial charge in [0.25, 0.3) is 0 Å². The van der Waals surface area contributed by atoms with Crippen molar-refractivity contribution in [1.29, 1.82) is 0 Å². The number of rotatable bonds is 5. The molecule has 4 heteroatoms. The van der Waals surface area contributed by atoms with E-state index < -0.39 is 0 Å². The molecule has 4 nitrogen and oxygen atoms in total. The summed E-state index contributed by atoms with van der Waals surface area (Å²) < 4.78 is 5.42. The van der Waals surface area contributed by atoms with E-state index in [-0.39, 0.29) is 11.9 Å². The average Bonchev–Trinajstić information content (AvgIpc) is 2.53. The lowest BCUT2D eigenvalue weighted by molar-refractivity contribution is -0.118. The van der Waals surface area contributed by atoms with Crippen LogP contribution in [0.1, 0.15) is 18.9 Å². The maximum atomic E-state index is 12.1. The molecule has 1 amide bonds. The van der Waals surface area contributed by atoms with Crippen molar-refractivity contribution in [1.82, 2.24) is 10.2 Å². The van der Waals surface area contributed by atoms with Crippen LogP contribution in [0.15, 0.2) is 42.5 Å². The van der Waals surface area contributed by atoms with Crippen molar-refractivity contribution in [3.8, 4) is 0 Å². The second-order valence-corrected chi connectivity index (χ2v) is 5.07. The summed E-state index contributed by atoms with van der Waals surface area (Å²) in [6, 6.07) is 9.87. The highest BCUT2D eigenvalue weighted by atomic mass is 16.5. The highest BCUT2D eigenvalue weighted by molar-refractivity contribution is 5.93. The van der Waals surface area contributed by atoms with E-state index in [0.717, 1.165) is 25.1 Å². The fraction of sp³-hybridized carbons (Fsp3) is 0.438. The van der Waals surface area contributed by atoms with Crippen molar-refractivity contribution in [2.45, 2.75) is 25.9 Å². The van der Waals surface area contributed by atoms with Crippen LogP contribution in [-0.4, -0.2) is 36.7 Å². The second kappa shape index (κ2) is 7.22. The molecule has 1 aromatic carbocycles. The zero-order valence-electron chi connectivity index (χ0n) is 12.0. The molecular formula is C16H22N2O2. The molecular weight excluding hydrogens is 252 g/mol. The van der Waals surface area contributed by atoms with E-state index in [9.17, 15) is 4.79 Å². The van der Waals surface area contributed by atoms with Crippen LogP contribution in [0.2, 0.25) is 0 Å². The Labute approximate surface area is 120 Å². The van der Waals surface area contributed by atoms with E-state index >= 15 is 0 Å². The minimum atomic E-state index is -0.0908. The van der Waals surface area contributed by atoms with Crippen LogP contribution in [0.25, 0.3) is 0 Å². The summed E-state index contributed by atoms with van der Waals surface area (Å²) >= 11 is 0. The molecule has 0 radical (unpaired) electrons. The minimum absolute atomic E-state index is 0.00562. The third-order valence-electron chi connectivity index (χ3n) is 3.63. The molecule has 0 aromatic heterocycles. The molecule has 1 atom stereocenters. The van der Waals surface area contributed by atoms with Gasteiger partial charge in [0.1, 0.15) is 0 Å². The molecule has 1 N–H and O–H groups in total. The number of benzene rings is 1. The first kappa shape index (κ1) is 14.8. The van der Waals surface area contributed by atoms with E-state index in [4.69, 9.17) is 4.74 Å². The minimum Gasteiger partial charge on any atom is -0.366 e. The van der Waals surface area contributed by atoms with Crippen LogP contribution in [0.4, 0.5) is 0 Å². The molecule has 20 heavy (non-hydrogen) atoms. The van der Waals surface area contributed by atoms with Crippen molar-refractivity contribution in [3.05, 3.63) is 48.0 Å². The number of hydrogen-bond acceptors (Lipinski definition) is 3. The van der Waals surface area contributed by atoms with Crippen molar-refractivity contribution < 1.29 is 9.53 Å². The lowest BCUT2D eigenvalue weighted by Crippen LogP contribution is -2.43. The molecule has 1 aromatic rings. The van der Waals surface area contributed by atoms with Gasteiger partial charge in [-0.25, -0.2) is 0 Å². The smallest absolute Gasteiger partial charge is 0.248 e. The normalized spacial score (nSPS) is 17.4. The number of nitrogens with one attached hydrogen (secondary N) is 1. The summed E-state index contributed by atoms with van der Waals surface area (Å²) in [5.41, 5.74) is 1.68. The van der Waals surface area contributed by atoms with Crippen LogP contribution in [0, 0.1) is 0 Å². The molecule has 0 saturated carbocycles. The lowest BCUT2D eigenvalue weighted by atomic mass is 10.1. The predicted molar refractivity (Wildman–Crippen MR) is 79.0 cm³/mol. The van der Waals surface area contributed by atoms with Crippen LogP contribution < -0.4 is 5.32 Å². The molecule has 1 unspecified atom stereocenters. The Bertz CT molecular complexity index is 453. The van der Waals surface area contributed by atoms with Gasteiger partial charge in [-0.2, -0.15) is 0 Å². The van der Waals surface area contributed by atoms with Gasteiger partial charge in [-0.05, 0) is 18.9 Å². The molecule has 0 aliphatic carbocycles. The Morgan fingerprint density at radius 2 is 2.20 bits per heavy atom. The summed E-state index contributed by atoms with van der Waals surface area (Å²) in [5, 5.41) is 2.91. The molecule has 1 saturated heterocycles. The van der Waals surface area contributed by atoms with E-state index in [0.29, 0.717) is 18.8 Å². The number of nitrogens with zero attached hydrogens (tertiary/aromatic N) is 1. The molecule has 1 fully saturated rings. The fourth-order valence-corrected chi connectivity index (χ4v) is 2.22. The van der Waals surface area contributed by atoms with Crippen molar-refractivity contribution in [3.63, 3.8) is 0 Å². The Morgan fingerprint density at radius 1 is 1.45 bits per heavy atom. The average molecular weight is 274 g/mol. The van der Waals surface area contributed by atoms with Crippen molar-refractivity contribution >= 4 is 5.91 Å². The van der Waals surface area contributed by atoms with Crippen molar-refractivity contribution in [2.75, 3.05) is 19.9 Å². The van der Waals surface area contributed by atoms with E-state index in [1.807, 2.05) is 37.3 Å². The summed E-state index contributed by atoms with van der Waals surface area (Å²) in [6.45, 7) is 8.79. The number of carbonyl (C=O) groups excluding carboxylic acids is 1. The lowest BCUT2D eigenvalue weighted by Gasteiger charge is -2.32. The van der Waals surface area contributed by atoms with Crippen LogP contribution in [0.3, 0.4) is 0 Å². The number of amides is 1. The van der Waals surface area contributed by atoms with Gasteiger partial charge >= 0.3 is 0 Å². The molecule has 1 aliphatic rings. The molecule has 108 valence electrons. The summed E-state index contributed by atoms with van der Waals surface area (Å²) in [7, 11) is 0. The number of ether oxygens (including phenoxy) is 1. The van der Waals surface area contributed by atoms with Crippen molar-refractivity contribution in [2.24, 2.45) is 0 Å². The molecule has 0 bridgehead atoms. The first-order valence-corrected chi connectivity index (χ1v) is 7.01. The first-order valence-electron chi connectivity index (χ1n) is 7.01. The standard InChI is InChI=1S/C16H22N2O2/c1-13(14(2)18-9-6-10-20-12-18)16(19)17-11-15-7-4-3-5-8-15/h3-5,7-8,14H,1,6,9-12H2,2H3,(H,17,19). The third-order valence-corrected chi connectivity index (χ3v) is 3.63. The predicted octanol–water partition coefficient (Wildman–Crippen LogP) is 1.93. The van der Waals surface area contributed by atoms with E-state index in [2.05, 4.69) is 16.8 Å². The molecule has 1 heterocycles. The van der Waals surface area contributed by atoms with Gasteiger partial charge < -0.3 is 10.1 Å². The Hall–Kier alpha value is -1.65. The maximum Gasteiger partial charge on any atom is 0.248 e. The number of carbonyl (C=O) groups is 1. The van der Waals surface area contributed by atoms with Gasteiger partial charge in [-0.3, -0.25) is 9.69 Å². The van der Waals surface area contributed by atoms with Crippen LogP contribution in [-0.2, 0) is 16.1 Å². The zero-order valence-corrected chi connectivity index (χ0v) is 12.0. The fourth-order valence-electron chi connectivity index (χ4n) is 2.22. The van der Waals surface area contributed by atoms with Crippen LogP contribution in [0.5, 0.6) is 0 Å². The largest absolute Gasteiger partial charge is 0.366 e. The summed E-state index contributed by atoms with van der Waals surface area (Å²) in [6.07, 6.45) is 1.00. The molecule has 0 spiro atoms. The SMILES string of the molecule is C=C(C(=O)NCc1ccccc1)C(C)N1CCCOC1. The van der Waals surface area contributed by atoms with E-state index in [1.54, 1.807) is 0 Å². The summed E-state index contributed by atoms with van der Waals surface area (Å²) in [5.74, 6) is -0.0908. The molecule has 2 rings (SSSR count). The van der Waals surface area contributed by atoms with E-state index in [1.165, 1.54) is 0 Å². The van der Waals surface area contributed by atoms with Gasteiger partial charge in [-0.15, -0.1) is 0 Å². The topological polar surface area (TPSA) is 41.6 Å². The maximum absolute atomic E-state index is 12.1. The second-order valence-electron chi connectivity index (χ2n) is 5.07. The zero-order chi connectivity index (χ0) is 14.4. The van der Waals surface area contributed by atoms with Gasteiger partial charge in [0.15, 0.2) is 0 Å². The highest BCUT2D eigenvalue weighted by Gasteiger charge is 2.22. The molecule has 1 aliphatic heterocycles. The van der Waals surface area contributed by atoms with Gasteiger partial charge in [-0.1, -0.05) is 36.9 Å². The van der Waals surface area contributed by atoms with Gasteiger partial charge in [0, 0.05) is 31.3 Å².